The second-order valence-corrected chi connectivity index (χ2v) is 5.47. The molecule has 94 valence electrons. The van der Waals surface area contributed by atoms with Crippen LogP contribution in [0.5, 0.6) is 0 Å². The third-order valence-electron chi connectivity index (χ3n) is 3.96. The lowest BCUT2D eigenvalue weighted by Crippen LogP contribution is -2.56. The predicted octanol–water partition coefficient (Wildman–Crippen LogP) is 1.63. The summed E-state index contributed by atoms with van der Waals surface area (Å²) < 4.78 is 5.93. The van der Waals surface area contributed by atoms with E-state index >= 15 is 0 Å². The van der Waals surface area contributed by atoms with Gasteiger partial charge in [0.15, 0.2) is 0 Å². The van der Waals surface area contributed by atoms with Crippen molar-refractivity contribution in [2.75, 3.05) is 19.6 Å². The molecule has 3 heteroatoms. The zero-order chi connectivity index (χ0) is 11.5. The van der Waals surface area contributed by atoms with Crippen molar-refractivity contribution in [2.24, 2.45) is 0 Å². The third kappa shape index (κ3) is 2.96. The van der Waals surface area contributed by atoms with Crippen molar-refractivity contribution < 1.29 is 4.74 Å². The summed E-state index contributed by atoms with van der Waals surface area (Å²) >= 11 is 0. The van der Waals surface area contributed by atoms with Crippen LogP contribution in [-0.2, 0) is 4.74 Å². The van der Waals surface area contributed by atoms with Gasteiger partial charge in [0.2, 0.25) is 0 Å². The Morgan fingerprint density at radius 1 is 1.31 bits per heavy atom. The summed E-state index contributed by atoms with van der Waals surface area (Å²) in [7, 11) is 0. The summed E-state index contributed by atoms with van der Waals surface area (Å²) in [4.78, 5) is 2.63. The normalized spacial score (nSPS) is 41.4. The molecule has 2 rings (SSSR count). The first-order valence-corrected chi connectivity index (χ1v) is 6.82. The fourth-order valence-electron chi connectivity index (χ4n) is 2.94. The Balaban J connectivity index is 1.85. The lowest BCUT2D eigenvalue weighted by atomic mass is 10.1. The smallest absolute Gasteiger partial charge is 0.0706 e. The number of hydrogen-bond acceptors (Lipinski definition) is 3. The van der Waals surface area contributed by atoms with Crippen molar-refractivity contribution in [1.29, 1.82) is 0 Å². The molecule has 1 N–H and O–H groups in total. The van der Waals surface area contributed by atoms with Gasteiger partial charge in [-0.1, -0.05) is 6.92 Å². The van der Waals surface area contributed by atoms with E-state index in [1.807, 2.05) is 0 Å². The molecule has 16 heavy (non-hydrogen) atoms. The van der Waals surface area contributed by atoms with Crippen LogP contribution >= 0.6 is 0 Å². The van der Waals surface area contributed by atoms with E-state index < -0.39 is 0 Å². The number of rotatable bonds is 3. The van der Waals surface area contributed by atoms with Gasteiger partial charge in [0.05, 0.1) is 12.2 Å². The van der Waals surface area contributed by atoms with Crippen LogP contribution in [0.3, 0.4) is 0 Å². The molecule has 0 saturated carbocycles. The summed E-state index contributed by atoms with van der Waals surface area (Å²) in [5.41, 5.74) is 0. The molecule has 2 saturated heterocycles. The van der Waals surface area contributed by atoms with E-state index in [9.17, 15) is 0 Å². The average molecular weight is 226 g/mol. The molecule has 0 radical (unpaired) electrons. The molecule has 2 aliphatic heterocycles. The highest BCUT2D eigenvalue weighted by Gasteiger charge is 2.29. The lowest BCUT2D eigenvalue weighted by molar-refractivity contribution is 0.0112. The molecule has 4 atom stereocenters. The Kier molecular flexibility index (Phi) is 4.22. The SMILES string of the molecule is CCC1CNC(C)CN1CC1CCC(C)O1. The van der Waals surface area contributed by atoms with Crippen LogP contribution in [0.2, 0.25) is 0 Å². The van der Waals surface area contributed by atoms with Crippen LogP contribution in [0, 0.1) is 0 Å². The fourth-order valence-corrected chi connectivity index (χ4v) is 2.94. The monoisotopic (exact) mass is 226 g/mol. The molecular formula is C13H26N2O. The van der Waals surface area contributed by atoms with Gasteiger partial charge >= 0.3 is 0 Å². The Morgan fingerprint density at radius 2 is 2.12 bits per heavy atom. The highest BCUT2D eigenvalue weighted by molar-refractivity contribution is 4.86. The van der Waals surface area contributed by atoms with Gasteiger partial charge < -0.3 is 10.1 Å². The fraction of sp³-hybridized carbons (Fsp3) is 1.00. The lowest BCUT2D eigenvalue weighted by Gasteiger charge is -2.40. The first-order valence-electron chi connectivity index (χ1n) is 6.82. The topological polar surface area (TPSA) is 24.5 Å². The first kappa shape index (κ1) is 12.3. The number of piperazine rings is 1. The van der Waals surface area contributed by atoms with Crippen molar-refractivity contribution >= 4 is 0 Å². The highest BCUT2D eigenvalue weighted by atomic mass is 16.5. The molecule has 2 heterocycles. The van der Waals surface area contributed by atoms with E-state index in [1.54, 1.807) is 0 Å². The summed E-state index contributed by atoms with van der Waals surface area (Å²) in [6.45, 7) is 10.2. The van der Waals surface area contributed by atoms with Crippen molar-refractivity contribution in [2.45, 2.75) is 64.3 Å². The standard InChI is InChI=1S/C13H26N2O/c1-4-12-7-14-10(2)8-15(12)9-13-6-5-11(3)16-13/h10-14H,4-9H2,1-3H3. The molecule has 0 aliphatic carbocycles. The van der Waals surface area contributed by atoms with E-state index in [0.717, 1.165) is 13.1 Å². The van der Waals surface area contributed by atoms with Crippen LogP contribution < -0.4 is 5.32 Å². The summed E-state index contributed by atoms with van der Waals surface area (Å²) in [5.74, 6) is 0. The second-order valence-electron chi connectivity index (χ2n) is 5.47. The van der Waals surface area contributed by atoms with Crippen molar-refractivity contribution in [3.63, 3.8) is 0 Å². The Hall–Kier alpha value is -0.120. The summed E-state index contributed by atoms with van der Waals surface area (Å²) in [5, 5.41) is 3.56. The predicted molar refractivity (Wildman–Crippen MR) is 66.7 cm³/mol. The molecular weight excluding hydrogens is 200 g/mol. The van der Waals surface area contributed by atoms with Crippen LogP contribution in [0.4, 0.5) is 0 Å². The van der Waals surface area contributed by atoms with Crippen LogP contribution in [0.1, 0.15) is 40.0 Å². The summed E-state index contributed by atoms with van der Waals surface area (Å²) in [6.07, 6.45) is 4.68. The van der Waals surface area contributed by atoms with Crippen LogP contribution in [-0.4, -0.2) is 48.8 Å². The molecule has 3 nitrogen and oxygen atoms in total. The molecule has 0 aromatic carbocycles. The van der Waals surface area contributed by atoms with E-state index in [2.05, 4.69) is 31.0 Å². The number of nitrogens with zero attached hydrogens (tertiary/aromatic N) is 1. The molecule has 2 fully saturated rings. The van der Waals surface area contributed by atoms with Crippen molar-refractivity contribution in [1.82, 2.24) is 10.2 Å². The molecule has 0 spiro atoms. The maximum Gasteiger partial charge on any atom is 0.0706 e. The minimum atomic E-state index is 0.477. The van der Waals surface area contributed by atoms with E-state index in [1.165, 1.54) is 25.8 Å². The van der Waals surface area contributed by atoms with E-state index in [4.69, 9.17) is 4.74 Å². The second kappa shape index (κ2) is 5.48. The minimum Gasteiger partial charge on any atom is -0.374 e. The maximum atomic E-state index is 5.93. The molecule has 0 aromatic rings. The van der Waals surface area contributed by atoms with Crippen LogP contribution in [0.25, 0.3) is 0 Å². The van der Waals surface area contributed by atoms with Gasteiger partial charge in [-0.2, -0.15) is 0 Å². The average Bonchev–Trinajstić information content (AvgIpc) is 2.64. The number of hydrogen-bond donors (Lipinski definition) is 1. The van der Waals surface area contributed by atoms with Gasteiger partial charge in [-0.25, -0.2) is 0 Å². The molecule has 0 aromatic heterocycles. The zero-order valence-corrected chi connectivity index (χ0v) is 10.9. The highest BCUT2D eigenvalue weighted by Crippen LogP contribution is 2.22. The third-order valence-corrected chi connectivity index (χ3v) is 3.96. The van der Waals surface area contributed by atoms with Gasteiger partial charge in [-0.05, 0) is 33.1 Å². The van der Waals surface area contributed by atoms with Crippen molar-refractivity contribution in [3.05, 3.63) is 0 Å². The van der Waals surface area contributed by atoms with E-state index in [-0.39, 0.29) is 0 Å². The molecule has 0 bridgehead atoms. The van der Waals surface area contributed by atoms with E-state index in [0.29, 0.717) is 24.3 Å². The molecule has 0 amide bonds. The minimum absolute atomic E-state index is 0.477. The van der Waals surface area contributed by atoms with Gasteiger partial charge in [-0.15, -0.1) is 0 Å². The van der Waals surface area contributed by atoms with Gasteiger partial charge in [0, 0.05) is 31.7 Å². The first-order chi connectivity index (χ1) is 7.69. The molecule has 4 unspecified atom stereocenters. The van der Waals surface area contributed by atoms with Gasteiger partial charge in [-0.3, -0.25) is 4.90 Å². The molecule has 2 aliphatic rings. The Labute approximate surface area is 99.5 Å². The quantitative estimate of drug-likeness (QED) is 0.791. The Bertz CT molecular complexity index is 222. The van der Waals surface area contributed by atoms with Crippen LogP contribution in [0.15, 0.2) is 0 Å². The number of nitrogens with one attached hydrogen (secondary N) is 1. The largest absolute Gasteiger partial charge is 0.374 e. The summed E-state index contributed by atoms with van der Waals surface area (Å²) in [6, 6.07) is 1.33. The Morgan fingerprint density at radius 3 is 2.75 bits per heavy atom. The van der Waals surface area contributed by atoms with Crippen molar-refractivity contribution in [3.8, 4) is 0 Å². The van der Waals surface area contributed by atoms with Gasteiger partial charge in [0.1, 0.15) is 0 Å². The number of ether oxygens (including phenoxy) is 1. The van der Waals surface area contributed by atoms with Gasteiger partial charge in [0.25, 0.3) is 0 Å². The maximum absolute atomic E-state index is 5.93. The zero-order valence-electron chi connectivity index (χ0n) is 10.9.